The van der Waals surface area contributed by atoms with Gasteiger partial charge in [-0.15, -0.1) is 0 Å². The van der Waals surface area contributed by atoms with E-state index in [-0.39, 0.29) is 0 Å². The molecule has 0 amide bonds. The zero-order valence-corrected chi connectivity index (χ0v) is 13.6. The van der Waals surface area contributed by atoms with Crippen LogP contribution < -0.4 is 5.32 Å². The Morgan fingerprint density at radius 3 is 2.38 bits per heavy atom. The van der Waals surface area contributed by atoms with E-state index in [4.69, 9.17) is 0 Å². The molecule has 0 aliphatic carbocycles. The molecule has 2 heteroatoms. The summed E-state index contributed by atoms with van der Waals surface area (Å²) in [6.45, 7) is 6.25. The molecule has 1 N–H and O–H groups in total. The number of aryl methyl sites for hydroxylation is 1. The fourth-order valence-electron chi connectivity index (χ4n) is 2.55. The first-order valence-corrected chi connectivity index (χ1v) is 7.57. The van der Waals surface area contributed by atoms with Crippen LogP contribution in [0.25, 0.3) is 0 Å². The lowest BCUT2D eigenvalue weighted by Crippen LogP contribution is -2.20. The number of benzene rings is 2. The first-order valence-electron chi connectivity index (χ1n) is 7.57. The Morgan fingerprint density at radius 2 is 1.71 bits per heavy atom. The molecule has 0 spiro atoms. The van der Waals surface area contributed by atoms with Gasteiger partial charge in [-0.25, -0.2) is 0 Å². The third-order valence-corrected chi connectivity index (χ3v) is 3.75. The van der Waals surface area contributed by atoms with Crippen molar-refractivity contribution >= 4 is 0 Å². The van der Waals surface area contributed by atoms with Gasteiger partial charge in [0, 0.05) is 19.1 Å². The van der Waals surface area contributed by atoms with Gasteiger partial charge in [0.15, 0.2) is 0 Å². The zero-order chi connectivity index (χ0) is 15.2. The Hall–Kier alpha value is -1.64. The van der Waals surface area contributed by atoms with E-state index in [1.54, 1.807) is 0 Å². The molecule has 2 aromatic carbocycles. The minimum absolute atomic E-state index is 0.359. The second kappa shape index (κ2) is 7.39. The van der Waals surface area contributed by atoms with Crippen LogP contribution in [-0.4, -0.2) is 19.0 Å². The molecule has 1 atom stereocenters. The van der Waals surface area contributed by atoms with Gasteiger partial charge >= 0.3 is 0 Å². The molecule has 0 radical (unpaired) electrons. The van der Waals surface area contributed by atoms with E-state index >= 15 is 0 Å². The SMILES string of the molecule is Cc1cccc(C(C)NCc2ccccc2CN(C)C)c1. The van der Waals surface area contributed by atoms with E-state index in [0.717, 1.165) is 13.1 Å². The summed E-state index contributed by atoms with van der Waals surface area (Å²) in [6, 6.07) is 17.7. The van der Waals surface area contributed by atoms with Gasteiger partial charge in [0.05, 0.1) is 0 Å². The Labute approximate surface area is 128 Å². The largest absolute Gasteiger partial charge is 0.306 e. The highest BCUT2D eigenvalue weighted by molar-refractivity contribution is 5.28. The predicted octanol–water partition coefficient (Wildman–Crippen LogP) is 3.91. The maximum absolute atomic E-state index is 3.64. The second-order valence-corrected chi connectivity index (χ2v) is 6.02. The first-order chi connectivity index (χ1) is 10.1. The van der Waals surface area contributed by atoms with Gasteiger partial charge in [0.1, 0.15) is 0 Å². The molecule has 1 unspecified atom stereocenters. The van der Waals surface area contributed by atoms with Crippen LogP contribution in [0.4, 0.5) is 0 Å². The van der Waals surface area contributed by atoms with Crippen LogP contribution in [0.1, 0.15) is 35.2 Å². The van der Waals surface area contributed by atoms with E-state index in [1.165, 1.54) is 22.3 Å². The van der Waals surface area contributed by atoms with Crippen LogP contribution in [0, 0.1) is 6.92 Å². The van der Waals surface area contributed by atoms with E-state index in [1.807, 2.05) is 0 Å². The monoisotopic (exact) mass is 282 g/mol. The first kappa shape index (κ1) is 15.7. The number of nitrogens with one attached hydrogen (secondary N) is 1. The fraction of sp³-hybridized carbons (Fsp3) is 0.368. The van der Waals surface area contributed by atoms with Crippen LogP contribution in [0.5, 0.6) is 0 Å². The normalized spacial score (nSPS) is 12.6. The average molecular weight is 282 g/mol. The van der Waals surface area contributed by atoms with Crippen molar-refractivity contribution in [3.8, 4) is 0 Å². The van der Waals surface area contributed by atoms with Gasteiger partial charge in [-0.1, -0.05) is 54.1 Å². The molecule has 0 bridgehead atoms. The predicted molar refractivity (Wildman–Crippen MR) is 90.3 cm³/mol. The third-order valence-electron chi connectivity index (χ3n) is 3.75. The minimum Gasteiger partial charge on any atom is -0.306 e. The number of hydrogen-bond donors (Lipinski definition) is 1. The molecule has 0 aliphatic rings. The summed E-state index contributed by atoms with van der Waals surface area (Å²) >= 11 is 0. The van der Waals surface area contributed by atoms with E-state index < -0.39 is 0 Å². The van der Waals surface area contributed by atoms with Crippen molar-refractivity contribution in [3.63, 3.8) is 0 Å². The van der Waals surface area contributed by atoms with Crippen molar-refractivity contribution in [2.24, 2.45) is 0 Å². The van der Waals surface area contributed by atoms with Gasteiger partial charge in [-0.05, 0) is 44.6 Å². The van der Waals surface area contributed by atoms with Gasteiger partial charge in [0.25, 0.3) is 0 Å². The quantitative estimate of drug-likeness (QED) is 0.864. The van der Waals surface area contributed by atoms with Crippen LogP contribution in [-0.2, 0) is 13.1 Å². The molecule has 21 heavy (non-hydrogen) atoms. The fourth-order valence-corrected chi connectivity index (χ4v) is 2.55. The molecule has 2 aromatic rings. The van der Waals surface area contributed by atoms with E-state index in [2.05, 4.69) is 86.7 Å². The van der Waals surface area contributed by atoms with E-state index in [9.17, 15) is 0 Å². The maximum atomic E-state index is 3.64. The summed E-state index contributed by atoms with van der Waals surface area (Å²) in [6.07, 6.45) is 0. The highest BCUT2D eigenvalue weighted by Crippen LogP contribution is 2.16. The number of rotatable bonds is 6. The lowest BCUT2D eigenvalue weighted by atomic mass is 10.0. The zero-order valence-electron chi connectivity index (χ0n) is 13.6. The molecule has 112 valence electrons. The molecule has 0 heterocycles. The molecular weight excluding hydrogens is 256 g/mol. The number of hydrogen-bond acceptors (Lipinski definition) is 2. The standard InChI is InChI=1S/C19H26N2/c1-15-8-7-11-17(12-15)16(2)20-13-18-9-5-6-10-19(18)14-21(3)4/h5-12,16,20H,13-14H2,1-4H3. The van der Waals surface area contributed by atoms with E-state index in [0.29, 0.717) is 6.04 Å². The second-order valence-electron chi connectivity index (χ2n) is 6.02. The van der Waals surface area contributed by atoms with Gasteiger partial charge in [-0.3, -0.25) is 0 Å². The molecule has 0 aromatic heterocycles. The lowest BCUT2D eigenvalue weighted by Gasteiger charge is -2.18. The van der Waals surface area contributed by atoms with Crippen molar-refractivity contribution in [2.45, 2.75) is 33.0 Å². The summed E-state index contributed by atoms with van der Waals surface area (Å²) < 4.78 is 0. The molecule has 2 rings (SSSR count). The summed E-state index contributed by atoms with van der Waals surface area (Å²) in [5, 5.41) is 3.64. The maximum Gasteiger partial charge on any atom is 0.0295 e. The molecule has 0 saturated heterocycles. The molecule has 0 saturated carbocycles. The summed E-state index contributed by atoms with van der Waals surface area (Å²) in [5.41, 5.74) is 5.44. The van der Waals surface area contributed by atoms with Crippen LogP contribution in [0.3, 0.4) is 0 Å². The highest BCUT2D eigenvalue weighted by Gasteiger charge is 2.07. The summed E-state index contributed by atoms with van der Waals surface area (Å²) in [5.74, 6) is 0. The molecule has 0 aliphatic heterocycles. The van der Waals surface area contributed by atoms with Crippen LogP contribution in [0.15, 0.2) is 48.5 Å². The molecule has 0 fully saturated rings. The van der Waals surface area contributed by atoms with Crippen molar-refractivity contribution in [3.05, 3.63) is 70.8 Å². The number of nitrogens with zero attached hydrogens (tertiary/aromatic N) is 1. The van der Waals surface area contributed by atoms with Crippen molar-refractivity contribution in [1.82, 2.24) is 10.2 Å². The van der Waals surface area contributed by atoms with Crippen LogP contribution in [0.2, 0.25) is 0 Å². The summed E-state index contributed by atoms with van der Waals surface area (Å²) in [4.78, 5) is 2.21. The third kappa shape index (κ3) is 4.69. The van der Waals surface area contributed by atoms with Crippen LogP contribution >= 0.6 is 0 Å². The lowest BCUT2D eigenvalue weighted by molar-refractivity contribution is 0.400. The Balaban J connectivity index is 2.02. The topological polar surface area (TPSA) is 15.3 Å². The van der Waals surface area contributed by atoms with Crippen molar-refractivity contribution in [1.29, 1.82) is 0 Å². The Bertz CT molecular complexity index is 575. The molecule has 2 nitrogen and oxygen atoms in total. The Kier molecular flexibility index (Phi) is 5.54. The van der Waals surface area contributed by atoms with Gasteiger partial charge in [0.2, 0.25) is 0 Å². The van der Waals surface area contributed by atoms with Crippen molar-refractivity contribution < 1.29 is 0 Å². The van der Waals surface area contributed by atoms with Gasteiger partial charge in [-0.2, -0.15) is 0 Å². The molecular formula is C19H26N2. The Morgan fingerprint density at radius 1 is 1.00 bits per heavy atom. The van der Waals surface area contributed by atoms with Gasteiger partial charge < -0.3 is 10.2 Å². The minimum atomic E-state index is 0.359. The highest BCUT2D eigenvalue weighted by atomic mass is 15.0. The van der Waals surface area contributed by atoms with Crippen molar-refractivity contribution in [2.75, 3.05) is 14.1 Å². The smallest absolute Gasteiger partial charge is 0.0295 e. The summed E-state index contributed by atoms with van der Waals surface area (Å²) in [7, 11) is 4.22. The average Bonchev–Trinajstić information content (AvgIpc) is 2.45.